The molecule has 1 aliphatic carbocycles. The number of thiophene rings is 1. The lowest BCUT2D eigenvalue weighted by Crippen LogP contribution is -2.51. The topological polar surface area (TPSA) is 66.0 Å². The highest BCUT2D eigenvalue weighted by Gasteiger charge is 2.40. The molecule has 1 saturated heterocycles. The van der Waals surface area contributed by atoms with Gasteiger partial charge in [0.25, 0.3) is 0 Å². The van der Waals surface area contributed by atoms with Gasteiger partial charge in [0.05, 0.1) is 5.60 Å². The molecule has 2 fully saturated rings. The highest BCUT2D eigenvalue weighted by Crippen LogP contribution is 2.39. The number of hydrogen-bond donors (Lipinski definition) is 2. The molecule has 0 bridgehead atoms. The van der Waals surface area contributed by atoms with Gasteiger partial charge in [-0.05, 0) is 43.6 Å². The first-order valence-electron chi connectivity index (χ1n) is 9.98. The van der Waals surface area contributed by atoms with Crippen LogP contribution in [0.1, 0.15) is 43.4 Å². The summed E-state index contributed by atoms with van der Waals surface area (Å²) < 4.78 is 6.14. The molecule has 1 aliphatic heterocycles. The fourth-order valence-corrected chi connectivity index (χ4v) is 4.62. The molecule has 158 valence electrons. The summed E-state index contributed by atoms with van der Waals surface area (Å²) in [5.41, 5.74) is 0.0669. The minimum atomic E-state index is 0. The Morgan fingerprint density at radius 2 is 2.18 bits per heavy atom. The van der Waals surface area contributed by atoms with Crippen molar-refractivity contribution in [3.63, 3.8) is 0 Å². The molecule has 0 radical (unpaired) electrons. The Morgan fingerprint density at radius 3 is 2.86 bits per heavy atom. The Labute approximate surface area is 189 Å². The van der Waals surface area contributed by atoms with Crippen molar-refractivity contribution in [1.82, 2.24) is 15.5 Å². The number of amides is 1. The van der Waals surface area contributed by atoms with Crippen LogP contribution in [0.5, 0.6) is 0 Å². The van der Waals surface area contributed by atoms with Crippen molar-refractivity contribution in [3.05, 3.63) is 22.4 Å². The minimum absolute atomic E-state index is 0. The average Bonchev–Trinajstić information content (AvgIpc) is 3.32. The number of aliphatic imine (C=N–C) groups is 1. The molecule has 2 heterocycles. The summed E-state index contributed by atoms with van der Waals surface area (Å²) in [6, 6.07) is 4.57. The van der Waals surface area contributed by atoms with Crippen LogP contribution in [0.3, 0.4) is 0 Å². The molecule has 1 unspecified atom stereocenters. The van der Waals surface area contributed by atoms with Crippen molar-refractivity contribution < 1.29 is 9.53 Å². The van der Waals surface area contributed by atoms with E-state index >= 15 is 0 Å². The lowest BCUT2D eigenvalue weighted by atomic mass is 9.89. The summed E-state index contributed by atoms with van der Waals surface area (Å²) in [4.78, 5) is 19.4. The maximum Gasteiger partial charge on any atom is 0.243 e. The van der Waals surface area contributed by atoms with Gasteiger partial charge in [0.1, 0.15) is 6.54 Å². The van der Waals surface area contributed by atoms with E-state index < -0.39 is 0 Å². The fourth-order valence-electron chi connectivity index (χ4n) is 3.91. The molecule has 8 heteroatoms. The Hall–Kier alpha value is -0.870. The van der Waals surface area contributed by atoms with E-state index in [4.69, 9.17) is 4.74 Å². The number of carbonyl (C=O) groups is 1. The largest absolute Gasteiger partial charge is 0.375 e. The van der Waals surface area contributed by atoms with Gasteiger partial charge in [-0.1, -0.05) is 18.9 Å². The maximum absolute atomic E-state index is 11.9. The second-order valence-electron chi connectivity index (χ2n) is 7.78. The van der Waals surface area contributed by atoms with Gasteiger partial charge in [-0.25, -0.2) is 4.99 Å². The first-order chi connectivity index (χ1) is 13.1. The van der Waals surface area contributed by atoms with E-state index in [-0.39, 0.29) is 42.0 Å². The summed E-state index contributed by atoms with van der Waals surface area (Å²) in [5, 5.41) is 9.08. The van der Waals surface area contributed by atoms with E-state index in [2.05, 4.69) is 33.1 Å². The van der Waals surface area contributed by atoms with Crippen molar-refractivity contribution in [3.8, 4) is 0 Å². The van der Waals surface area contributed by atoms with Crippen LogP contribution in [0.2, 0.25) is 0 Å². The van der Waals surface area contributed by atoms with Crippen LogP contribution in [0.25, 0.3) is 0 Å². The molecule has 0 aromatic carbocycles. The fraction of sp³-hybridized carbons (Fsp3) is 0.700. The van der Waals surface area contributed by atoms with E-state index in [0.717, 1.165) is 38.4 Å². The third kappa shape index (κ3) is 6.88. The van der Waals surface area contributed by atoms with Crippen LogP contribution in [0.4, 0.5) is 0 Å². The molecular formula is C20H33IN4O2S. The number of hydrogen-bond acceptors (Lipinski definition) is 4. The first kappa shape index (κ1) is 23.4. The van der Waals surface area contributed by atoms with Crippen LogP contribution in [0.15, 0.2) is 22.5 Å². The molecule has 1 amide bonds. The van der Waals surface area contributed by atoms with Gasteiger partial charge in [0, 0.05) is 38.2 Å². The summed E-state index contributed by atoms with van der Waals surface area (Å²) in [7, 11) is 3.52. The Kier molecular flexibility index (Phi) is 9.49. The zero-order valence-corrected chi connectivity index (χ0v) is 20.1. The number of likely N-dealkylation sites (N-methyl/N-ethyl adjacent to an activating group) is 1. The lowest BCUT2D eigenvalue weighted by molar-refractivity contribution is -0.127. The molecule has 2 N–H and O–H groups in total. The maximum atomic E-state index is 11.9. The van der Waals surface area contributed by atoms with Gasteiger partial charge in [0.15, 0.2) is 5.96 Å². The molecule has 1 aromatic heterocycles. The lowest BCUT2D eigenvalue weighted by Gasteiger charge is -2.39. The number of ether oxygens (including phenoxy) is 1. The van der Waals surface area contributed by atoms with Gasteiger partial charge in [-0.2, -0.15) is 0 Å². The number of rotatable bonds is 6. The van der Waals surface area contributed by atoms with Crippen LogP contribution in [0, 0.1) is 0 Å². The zero-order chi connectivity index (χ0) is 19.1. The highest BCUT2D eigenvalue weighted by molar-refractivity contribution is 14.0. The predicted octanol–water partition coefficient (Wildman–Crippen LogP) is 3.02. The first-order valence-corrected chi connectivity index (χ1v) is 10.9. The molecule has 2 aliphatic rings. The third-order valence-corrected chi connectivity index (χ3v) is 6.40. The molecule has 1 spiro atoms. The van der Waals surface area contributed by atoms with E-state index in [1.165, 1.54) is 30.6 Å². The zero-order valence-electron chi connectivity index (χ0n) is 16.9. The number of halogens is 1. The van der Waals surface area contributed by atoms with E-state index in [1.807, 2.05) is 0 Å². The summed E-state index contributed by atoms with van der Waals surface area (Å²) in [6.07, 6.45) is 7.84. The quantitative estimate of drug-likeness (QED) is 0.344. The number of carbonyl (C=O) groups excluding carboxylic acids is 1. The third-order valence-electron chi connectivity index (χ3n) is 5.46. The van der Waals surface area contributed by atoms with Gasteiger partial charge < -0.3 is 20.3 Å². The Bertz CT molecular complexity index is 630. The monoisotopic (exact) mass is 520 g/mol. The molecule has 3 rings (SSSR count). The van der Waals surface area contributed by atoms with Gasteiger partial charge in [-0.15, -0.1) is 35.3 Å². The SMILES string of the molecule is CN(C)C(=O)CN=C(NCCc1cccs1)NC1CCOC2(CCCC2)C1.I. The second kappa shape index (κ2) is 11.3. The standard InChI is InChI=1S/C20H32N4O2S.HI/c1-24(2)18(25)15-22-19(21-11-7-17-6-5-13-27-17)23-16-8-12-26-20(14-16)9-3-4-10-20;/h5-6,13,16H,3-4,7-12,14-15H2,1-2H3,(H2,21,22,23);1H. The highest BCUT2D eigenvalue weighted by atomic mass is 127. The average molecular weight is 520 g/mol. The molecular weight excluding hydrogens is 487 g/mol. The van der Waals surface area contributed by atoms with Crippen LogP contribution in [-0.2, 0) is 16.0 Å². The summed E-state index contributed by atoms with van der Waals surface area (Å²) in [6.45, 7) is 1.77. The molecule has 1 atom stereocenters. The smallest absolute Gasteiger partial charge is 0.243 e. The van der Waals surface area contributed by atoms with Crippen molar-refractivity contribution in [2.24, 2.45) is 4.99 Å². The second-order valence-corrected chi connectivity index (χ2v) is 8.81. The number of guanidine groups is 1. The Morgan fingerprint density at radius 1 is 1.39 bits per heavy atom. The van der Waals surface area contributed by atoms with Crippen LogP contribution < -0.4 is 10.6 Å². The normalized spacial score (nSPS) is 21.2. The van der Waals surface area contributed by atoms with Gasteiger partial charge in [-0.3, -0.25) is 4.79 Å². The summed E-state index contributed by atoms with van der Waals surface area (Å²) >= 11 is 1.77. The van der Waals surface area contributed by atoms with Gasteiger partial charge >= 0.3 is 0 Å². The van der Waals surface area contributed by atoms with Crippen molar-refractivity contribution in [1.29, 1.82) is 0 Å². The van der Waals surface area contributed by atoms with Crippen LogP contribution in [-0.4, -0.2) is 62.2 Å². The molecule has 1 saturated carbocycles. The van der Waals surface area contributed by atoms with E-state index in [1.54, 1.807) is 30.3 Å². The molecule has 6 nitrogen and oxygen atoms in total. The minimum Gasteiger partial charge on any atom is -0.375 e. The molecule has 28 heavy (non-hydrogen) atoms. The van der Waals surface area contributed by atoms with E-state index in [0.29, 0.717) is 6.04 Å². The van der Waals surface area contributed by atoms with Crippen molar-refractivity contribution in [2.45, 2.75) is 56.6 Å². The number of nitrogens with one attached hydrogen (secondary N) is 2. The Balaban J connectivity index is 0.00000280. The number of nitrogens with zero attached hydrogens (tertiary/aromatic N) is 2. The predicted molar refractivity (Wildman–Crippen MR) is 126 cm³/mol. The molecule has 1 aromatic rings. The van der Waals surface area contributed by atoms with Crippen molar-refractivity contribution in [2.75, 3.05) is 33.8 Å². The van der Waals surface area contributed by atoms with Gasteiger partial charge in [0.2, 0.25) is 5.91 Å². The van der Waals surface area contributed by atoms with Crippen molar-refractivity contribution >= 4 is 47.2 Å². The summed E-state index contributed by atoms with van der Waals surface area (Å²) in [5.74, 6) is 0.746. The van der Waals surface area contributed by atoms with E-state index in [9.17, 15) is 4.79 Å². The van der Waals surface area contributed by atoms with Crippen LogP contribution >= 0.6 is 35.3 Å².